The third kappa shape index (κ3) is 4.12. The van der Waals surface area contributed by atoms with Crippen LogP contribution in [0.4, 0.5) is 13.2 Å². The minimum absolute atomic E-state index is 0.0887. The van der Waals surface area contributed by atoms with Crippen molar-refractivity contribution in [2.45, 2.75) is 63.4 Å². The van der Waals surface area contributed by atoms with E-state index in [1.54, 1.807) is 0 Å². The number of benzene rings is 2. The summed E-state index contributed by atoms with van der Waals surface area (Å²) in [7, 11) is 0. The van der Waals surface area contributed by atoms with Gasteiger partial charge in [-0.05, 0) is 97.9 Å². The lowest BCUT2D eigenvalue weighted by Crippen LogP contribution is -2.26. The van der Waals surface area contributed by atoms with E-state index in [9.17, 15) is 18.3 Å². The monoisotopic (exact) mass is 388 g/mol. The van der Waals surface area contributed by atoms with Gasteiger partial charge in [-0.25, -0.2) is 13.2 Å². The lowest BCUT2D eigenvalue weighted by molar-refractivity contribution is 0.0805. The first-order valence-corrected chi connectivity index (χ1v) is 10.4. The lowest BCUT2D eigenvalue weighted by Gasteiger charge is -2.37. The standard InChI is InChI=1S/C24H27F3O/c25-22-13-20(14-23(26)24(22)27)19-7-5-16(6-8-19)15-1-3-17(4-2-15)18-9-11-21(28)12-10-18/h5-8,13-15,17-18,21,28H,1-4,9-12H2. The van der Waals surface area contributed by atoms with Crippen molar-refractivity contribution in [3.05, 3.63) is 59.4 Å². The number of aliphatic hydroxyl groups excluding tert-OH is 1. The van der Waals surface area contributed by atoms with Crippen LogP contribution >= 0.6 is 0 Å². The first-order valence-electron chi connectivity index (χ1n) is 10.4. The predicted molar refractivity (Wildman–Crippen MR) is 104 cm³/mol. The average molecular weight is 388 g/mol. The fraction of sp³-hybridized carbons (Fsp3) is 0.500. The van der Waals surface area contributed by atoms with Crippen molar-refractivity contribution >= 4 is 0 Å². The molecular weight excluding hydrogens is 361 g/mol. The molecule has 0 spiro atoms. The van der Waals surface area contributed by atoms with Gasteiger partial charge >= 0.3 is 0 Å². The Kier molecular flexibility index (Phi) is 5.77. The van der Waals surface area contributed by atoms with Gasteiger partial charge in [0.15, 0.2) is 17.5 Å². The molecule has 0 heterocycles. The predicted octanol–water partition coefficient (Wildman–Crippen LogP) is 6.60. The normalized spacial score (nSPS) is 28.3. The minimum Gasteiger partial charge on any atom is -0.393 e. The lowest BCUT2D eigenvalue weighted by atomic mass is 9.69. The minimum atomic E-state index is -1.43. The second-order valence-electron chi connectivity index (χ2n) is 8.56. The quantitative estimate of drug-likeness (QED) is 0.588. The van der Waals surface area contributed by atoms with Crippen LogP contribution in [0.1, 0.15) is 62.8 Å². The van der Waals surface area contributed by atoms with Crippen LogP contribution in [-0.4, -0.2) is 11.2 Å². The van der Waals surface area contributed by atoms with E-state index in [0.29, 0.717) is 17.0 Å². The number of hydrogen-bond donors (Lipinski definition) is 1. The van der Waals surface area contributed by atoms with Crippen molar-refractivity contribution in [3.63, 3.8) is 0 Å². The highest BCUT2D eigenvalue weighted by Gasteiger charge is 2.30. The molecule has 2 aliphatic carbocycles. The molecule has 2 aliphatic rings. The molecule has 2 fully saturated rings. The van der Waals surface area contributed by atoms with E-state index < -0.39 is 17.5 Å². The van der Waals surface area contributed by atoms with Gasteiger partial charge in [-0.2, -0.15) is 0 Å². The van der Waals surface area contributed by atoms with Crippen LogP contribution in [0.15, 0.2) is 36.4 Å². The average Bonchev–Trinajstić information content (AvgIpc) is 2.72. The zero-order valence-electron chi connectivity index (χ0n) is 16.0. The van der Waals surface area contributed by atoms with Gasteiger partial charge in [0.2, 0.25) is 0 Å². The van der Waals surface area contributed by atoms with Crippen molar-refractivity contribution in [2.75, 3.05) is 0 Å². The van der Waals surface area contributed by atoms with E-state index in [1.807, 2.05) is 24.3 Å². The van der Waals surface area contributed by atoms with E-state index >= 15 is 0 Å². The molecule has 0 saturated heterocycles. The highest BCUT2D eigenvalue weighted by Crippen LogP contribution is 2.43. The molecule has 0 bridgehead atoms. The largest absolute Gasteiger partial charge is 0.393 e. The number of hydrogen-bond acceptors (Lipinski definition) is 1. The van der Waals surface area contributed by atoms with Crippen LogP contribution in [-0.2, 0) is 0 Å². The van der Waals surface area contributed by atoms with Gasteiger partial charge in [-0.3, -0.25) is 0 Å². The van der Waals surface area contributed by atoms with Crippen molar-refractivity contribution in [1.82, 2.24) is 0 Å². The molecule has 0 aromatic heterocycles. The van der Waals surface area contributed by atoms with Crippen LogP contribution in [0.2, 0.25) is 0 Å². The van der Waals surface area contributed by atoms with Crippen molar-refractivity contribution in [3.8, 4) is 11.1 Å². The summed E-state index contributed by atoms with van der Waals surface area (Å²) in [6, 6.07) is 9.90. The Labute approximate surface area is 164 Å². The van der Waals surface area contributed by atoms with Crippen molar-refractivity contribution in [1.29, 1.82) is 0 Å². The van der Waals surface area contributed by atoms with Gasteiger partial charge in [0.05, 0.1) is 6.10 Å². The molecule has 1 N–H and O–H groups in total. The molecule has 0 radical (unpaired) electrons. The zero-order chi connectivity index (χ0) is 19.7. The van der Waals surface area contributed by atoms with E-state index in [-0.39, 0.29) is 6.10 Å². The highest BCUT2D eigenvalue weighted by atomic mass is 19.2. The fourth-order valence-electron chi connectivity index (χ4n) is 5.17. The number of halogens is 3. The van der Waals surface area contributed by atoms with Crippen LogP contribution in [0, 0.1) is 29.3 Å². The summed E-state index contributed by atoms with van der Waals surface area (Å²) in [5.41, 5.74) is 2.31. The van der Waals surface area contributed by atoms with Crippen LogP contribution in [0.5, 0.6) is 0 Å². The second kappa shape index (κ2) is 8.28. The third-order valence-corrected chi connectivity index (χ3v) is 6.88. The van der Waals surface area contributed by atoms with Crippen molar-refractivity contribution in [2.24, 2.45) is 11.8 Å². The number of rotatable bonds is 3. The van der Waals surface area contributed by atoms with Gasteiger partial charge in [0.1, 0.15) is 0 Å². The Morgan fingerprint density at radius 1 is 0.643 bits per heavy atom. The summed E-state index contributed by atoms with van der Waals surface area (Å²) in [6.45, 7) is 0. The van der Waals surface area contributed by atoms with Gasteiger partial charge in [-0.15, -0.1) is 0 Å². The molecule has 150 valence electrons. The maximum atomic E-state index is 13.5. The topological polar surface area (TPSA) is 20.2 Å². The van der Waals surface area contributed by atoms with Gasteiger partial charge in [-0.1, -0.05) is 24.3 Å². The summed E-state index contributed by atoms with van der Waals surface area (Å²) >= 11 is 0. The summed E-state index contributed by atoms with van der Waals surface area (Å²) in [4.78, 5) is 0. The fourth-order valence-corrected chi connectivity index (χ4v) is 5.17. The molecule has 2 saturated carbocycles. The Balaban J connectivity index is 1.39. The molecule has 2 aromatic rings. The summed E-state index contributed by atoms with van der Waals surface area (Å²) < 4.78 is 40.1. The van der Waals surface area contributed by atoms with Crippen LogP contribution in [0.25, 0.3) is 11.1 Å². The molecule has 4 rings (SSSR count). The Morgan fingerprint density at radius 3 is 1.68 bits per heavy atom. The maximum Gasteiger partial charge on any atom is 0.194 e. The summed E-state index contributed by atoms with van der Waals surface area (Å²) in [5, 5.41) is 9.70. The van der Waals surface area contributed by atoms with E-state index in [0.717, 1.165) is 49.7 Å². The van der Waals surface area contributed by atoms with E-state index in [2.05, 4.69) is 0 Å². The first-order chi connectivity index (χ1) is 13.5. The maximum absolute atomic E-state index is 13.5. The third-order valence-electron chi connectivity index (χ3n) is 6.88. The molecule has 4 heteroatoms. The van der Waals surface area contributed by atoms with Crippen LogP contribution in [0.3, 0.4) is 0 Å². The number of aliphatic hydroxyl groups is 1. The Bertz CT molecular complexity index is 778. The zero-order valence-corrected chi connectivity index (χ0v) is 16.0. The molecule has 0 unspecified atom stereocenters. The highest BCUT2D eigenvalue weighted by molar-refractivity contribution is 5.64. The molecule has 0 amide bonds. The molecule has 28 heavy (non-hydrogen) atoms. The van der Waals surface area contributed by atoms with Gasteiger partial charge < -0.3 is 5.11 Å². The first kappa shape index (κ1) is 19.5. The summed E-state index contributed by atoms with van der Waals surface area (Å²) in [6.07, 6.45) is 8.96. The summed E-state index contributed by atoms with van der Waals surface area (Å²) in [5.74, 6) is -1.66. The van der Waals surface area contributed by atoms with Gasteiger partial charge in [0.25, 0.3) is 0 Å². The SMILES string of the molecule is OC1CCC(C2CCC(c3ccc(-c4cc(F)c(F)c(F)c4)cc3)CC2)CC1. The molecule has 2 aromatic carbocycles. The molecular formula is C24H27F3O. The Morgan fingerprint density at radius 2 is 1.14 bits per heavy atom. The molecule has 1 nitrogen and oxygen atoms in total. The smallest absolute Gasteiger partial charge is 0.194 e. The Hall–Kier alpha value is -1.81. The molecule has 0 aliphatic heterocycles. The second-order valence-corrected chi connectivity index (χ2v) is 8.56. The van der Waals surface area contributed by atoms with Gasteiger partial charge in [0, 0.05) is 0 Å². The van der Waals surface area contributed by atoms with E-state index in [4.69, 9.17) is 0 Å². The van der Waals surface area contributed by atoms with Crippen LogP contribution < -0.4 is 0 Å². The molecule has 0 atom stereocenters. The van der Waals surface area contributed by atoms with E-state index in [1.165, 1.54) is 31.2 Å². The van der Waals surface area contributed by atoms with Crippen molar-refractivity contribution < 1.29 is 18.3 Å².